The molecule has 2 heterocycles. The first-order chi connectivity index (χ1) is 16.7. The van der Waals surface area contributed by atoms with Gasteiger partial charge in [0.2, 0.25) is 0 Å². The Balaban J connectivity index is 1.47. The van der Waals surface area contributed by atoms with Crippen LogP contribution in [0, 0.1) is 6.92 Å². The molecule has 0 aliphatic heterocycles. The molecule has 0 fully saturated rings. The van der Waals surface area contributed by atoms with Crippen molar-refractivity contribution >= 4 is 15.9 Å². The van der Waals surface area contributed by atoms with Gasteiger partial charge in [-0.15, -0.1) is 0 Å². The standard InChI is InChI=1S/C28H28BrF2N3O/c1-17-15-34(16-32-17)25-10-8-19(13-26(25)35-3)24-12-21-6-4-5-20(27(21)33-24)11-18-7-9-22(29)14-23(18)28(2,30)31/h7-10,12-16,20,33H,4-6,11H2,1-3H3. The van der Waals surface area contributed by atoms with E-state index in [9.17, 15) is 8.78 Å². The van der Waals surface area contributed by atoms with Crippen LogP contribution in [-0.2, 0) is 18.8 Å². The second-order valence-corrected chi connectivity index (χ2v) is 10.3. The van der Waals surface area contributed by atoms with Crippen LogP contribution in [-0.4, -0.2) is 21.6 Å². The predicted octanol–water partition coefficient (Wildman–Crippen LogP) is 7.72. The molecule has 1 N–H and O–H groups in total. The lowest BCUT2D eigenvalue weighted by atomic mass is 9.82. The molecule has 4 nitrogen and oxygen atoms in total. The van der Waals surface area contributed by atoms with Crippen LogP contribution in [0.15, 0.2) is 59.5 Å². The number of hydrogen-bond acceptors (Lipinski definition) is 2. The largest absolute Gasteiger partial charge is 0.495 e. The summed E-state index contributed by atoms with van der Waals surface area (Å²) in [6, 6.07) is 13.6. The third-order valence-corrected chi connectivity index (χ3v) is 7.33. The maximum absolute atomic E-state index is 14.4. The van der Waals surface area contributed by atoms with Gasteiger partial charge in [0.15, 0.2) is 0 Å². The fourth-order valence-corrected chi connectivity index (χ4v) is 5.50. The molecule has 5 rings (SSSR count). The first-order valence-electron chi connectivity index (χ1n) is 11.8. The van der Waals surface area contributed by atoms with Gasteiger partial charge in [0.05, 0.1) is 24.8 Å². The zero-order valence-corrected chi connectivity index (χ0v) is 21.6. The lowest BCUT2D eigenvalue weighted by Crippen LogP contribution is -2.16. The van der Waals surface area contributed by atoms with Crippen molar-refractivity contribution in [3.63, 3.8) is 0 Å². The average molecular weight is 540 g/mol. The highest BCUT2D eigenvalue weighted by Gasteiger charge is 2.30. The van der Waals surface area contributed by atoms with Gasteiger partial charge < -0.3 is 14.3 Å². The van der Waals surface area contributed by atoms with E-state index < -0.39 is 5.92 Å². The van der Waals surface area contributed by atoms with E-state index >= 15 is 0 Å². The minimum Gasteiger partial charge on any atom is -0.495 e. The molecular weight excluding hydrogens is 512 g/mol. The molecule has 0 amide bonds. The molecule has 1 atom stereocenters. The molecule has 1 aliphatic rings. The van der Waals surface area contributed by atoms with E-state index in [1.165, 1.54) is 5.56 Å². The van der Waals surface area contributed by atoms with Gasteiger partial charge in [-0.2, -0.15) is 0 Å². The summed E-state index contributed by atoms with van der Waals surface area (Å²) < 4.78 is 37.0. The third kappa shape index (κ3) is 4.79. The Hall–Kier alpha value is -2.93. The highest BCUT2D eigenvalue weighted by molar-refractivity contribution is 9.10. The monoisotopic (exact) mass is 539 g/mol. The molecule has 0 spiro atoms. The van der Waals surface area contributed by atoms with Crippen LogP contribution in [0.4, 0.5) is 8.78 Å². The van der Waals surface area contributed by atoms with Gasteiger partial charge in [0.25, 0.3) is 5.92 Å². The van der Waals surface area contributed by atoms with Gasteiger partial charge >= 0.3 is 0 Å². The summed E-state index contributed by atoms with van der Waals surface area (Å²) in [5, 5.41) is 0. The number of aryl methyl sites for hydroxylation is 2. The van der Waals surface area contributed by atoms with Crippen molar-refractivity contribution in [3.8, 4) is 22.7 Å². The number of methoxy groups -OCH3 is 1. The third-order valence-electron chi connectivity index (χ3n) is 6.83. The number of hydrogen-bond donors (Lipinski definition) is 1. The number of aromatic nitrogens is 3. The molecule has 0 bridgehead atoms. The zero-order valence-electron chi connectivity index (χ0n) is 20.0. The Morgan fingerprint density at radius 2 is 2.03 bits per heavy atom. The Kier molecular flexibility index (Phi) is 6.30. The minimum absolute atomic E-state index is 0.0980. The second kappa shape index (κ2) is 9.26. The number of nitrogens with zero attached hydrogens (tertiary/aromatic N) is 2. The first-order valence-corrected chi connectivity index (χ1v) is 12.6. The van der Waals surface area contributed by atoms with Gasteiger partial charge in [-0.25, -0.2) is 13.8 Å². The fraction of sp³-hybridized carbons (Fsp3) is 0.321. The molecule has 1 unspecified atom stereocenters. The number of nitrogens with one attached hydrogen (secondary N) is 1. The van der Waals surface area contributed by atoms with Gasteiger partial charge in [0.1, 0.15) is 5.75 Å². The maximum atomic E-state index is 14.4. The molecule has 35 heavy (non-hydrogen) atoms. The summed E-state index contributed by atoms with van der Waals surface area (Å²) in [4.78, 5) is 7.95. The summed E-state index contributed by atoms with van der Waals surface area (Å²) in [5.41, 5.74) is 7.14. The SMILES string of the molecule is COc1cc(-c2cc3c([nH]2)C(Cc2ccc(Br)cc2C(C)(F)F)CCC3)ccc1-n1cnc(C)c1. The van der Waals surface area contributed by atoms with Crippen molar-refractivity contribution in [2.75, 3.05) is 7.11 Å². The van der Waals surface area contributed by atoms with Crippen LogP contribution in [0.5, 0.6) is 5.75 Å². The summed E-state index contributed by atoms with van der Waals surface area (Å²) in [6.45, 7) is 2.93. The van der Waals surface area contributed by atoms with Crippen molar-refractivity contribution in [2.45, 2.75) is 51.4 Å². The first kappa shape index (κ1) is 23.8. The smallest absolute Gasteiger partial charge is 0.270 e. The second-order valence-electron chi connectivity index (χ2n) is 9.41. The molecule has 2 aromatic heterocycles. The molecule has 182 valence electrons. The van der Waals surface area contributed by atoms with Gasteiger partial charge in [0, 0.05) is 46.0 Å². The number of aromatic amines is 1. The molecule has 2 aromatic carbocycles. The Morgan fingerprint density at radius 3 is 2.74 bits per heavy atom. The van der Waals surface area contributed by atoms with E-state index in [4.69, 9.17) is 4.74 Å². The molecule has 4 aromatic rings. The summed E-state index contributed by atoms with van der Waals surface area (Å²) in [7, 11) is 1.67. The topological polar surface area (TPSA) is 42.8 Å². The normalized spacial score (nSPS) is 15.8. The van der Waals surface area contributed by atoms with E-state index in [-0.39, 0.29) is 11.5 Å². The average Bonchev–Trinajstić information content (AvgIpc) is 3.46. The Bertz CT molecular complexity index is 1370. The number of benzene rings is 2. The molecule has 0 radical (unpaired) electrons. The highest BCUT2D eigenvalue weighted by Crippen LogP contribution is 2.40. The Labute approximate surface area is 212 Å². The molecule has 0 saturated carbocycles. The number of H-pyrrole nitrogens is 1. The van der Waals surface area contributed by atoms with E-state index in [1.807, 2.05) is 42.0 Å². The molecule has 1 aliphatic carbocycles. The highest BCUT2D eigenvalue weighted by atomic mass is 79.9. The van der Waals surface area contributed by atoms with Crippen molar-refractivity contribution in [2.24, 2.45) is 0 Å². The van der Waals surface area contributed by atoms with Crippen LogP contribution < -0.4 is 4.74 Å². The zero-order chi connectivity index (χ0) is 24.7. The van der Waals surface area contributed by atoms with Gasteiger partial charge in [-0.05, 0) is 74.1 Å². The number of rotatable bonds is 6. The summed E-state index contributed by atoms with van der Waals surface area (Å²) in [5.74, 6) is -1.96. The summed E-state index contributed by atoms with van der Waals surface area (Å²) in [6.07, 6.45) is 7.34. The van der Waals surface area contributed by atoms with Crippen LogP contribution in [0.2, 0.25) is 0 Å². The predicted molar refractivity (Wildman–Crippen MR) is 138 cm³/mol. The fourth-order valence-electron chi connectivity index (χ4n) is 5.14. The number of ether oxygens (including phenoxy) is 1. The van der Waals surface area contributed by atoms with Crippen LogP contribution >= 0.6 is 15.9 Å². The van der Waals surface area contributed by atoms with Gasteiger partial charge in [-0.3, -0.25) is 0 Å². The number of halogens is 3. The van der Waals surface area contributed by atoms with E-state index in [0.717, 1.165) is 60.3 Å². The molecule has 0 saturated heterocycles. The van der Waals surface area contributed by atoms with Crippen molar-refractivity contribution in [1.29, 1.82) is 0 Å². The lowest BCUT2D eigenvalue weighted by Gasteiger charge is -2.25. The Morgan fingerprint density at radius 1 is 1.20 bits per heavy atom. The van der Waals surface area contributed by atoms with E-state index in [2.05, 4.69) is 38.0 Å². The van der Waals surface area contributed by atoms with E-state index in [1.54, 1.807) is 19.5 Å². The molecular formula is C28H28BrF2N3O. The quantitative estimate of drug-likeness (QED) is 0.272. The van der Waals surface area contributed by atoms with E-state index in [0.29, 0.717) is 16.5 Å². The van der Waals surface area contributed by atoms with Crippen LogP contribution in [0.25, 0.3) is 16.9 Å². The number of imidazole rings is 1. The lowest BCUT2D eigenvalue weighted by molar-refractivity contribution is 0.0164. The van der Waals surface area contributed by atoms with Gasteiger partial charge in [-0.1, -0.05) is 28.1 Å². The van der Waals surface area contributed by atoms with Crippen molar-refractivity contribution in [3.05, 3.63) is 87.5 Å². The van der Waals surface area contributed by atoms with Crippen LogP contribution in [0.1, 0.15) is 53.8 Å². The van der Waals surface area contributed by atoms with Crippen LogP contribution in [0.3, 0.4) is 0 Å². The number of fused-ring (bicyclic) bond motifs is 1. The minimum atomic E-state index is -2.89. The number of alkyl halides is 2. The molecule has 7 heteroatoms. The maximum Gasteiger partial charge on any atom is 0.270 e. The summed E-state index contributed by atoms with van der Waals surface area (Å²) >= 11 is 3.35. The van der Waals surface area contributed by atoms with Crippen molar-refractivity contribution < 1.29 is 13.5 Å². The van der Waals surface area contributed by atoms with Crippen molar-refractivity contribution in [1.82, 2.24) is 14.5 Å².